The predicted octanol–water partition coefficient (Wildman–Crippen LogP) is 2.14. The van der Waals surface area contributed by atoms with Crippen LogP contribution in [0.25, 0.3) is 5.70 Å². The standard InChI is InChI=1S/C19H22N4O/c1-19(18-8-4-6-10-21-18)14-15(23(2)11-12-24)13-17(22-19)16-7-3-5-9-20-16/h3-10,13-14,22,24H,11-12H2,1-2H3. The zero-order valence-electron chi connectivity index (χ0n) is 14.0. The van der Waals surface area contributed by atoms with E-state index in [2.05, 4.69) is 34.4 Å². The first kappa shape index (κ1) is 16.2. The third-order valence-corrected chi connectivity index (χ3v) is 4.14. The zero-order chi connectivity index (χ0) is 17.0. The number of likely N-dealkylation sites (N-methyl/N-ethyl adjacent to an activating group) is 1. The molecule has 2 N–H and O–H groups in total. The molecule has 0 saturated heterocycles. The van der Waals surface area contributed by atoms with Crippen molar-refractivity contribution in [1.82, 2.24) is 20.2 Å². The van der Waals surface area contributed by atoms with E-state index < -0.39 is 5.54 Å². The van der Waals surface area contributed by atoms with Gasteiger partial charge in [-0.3, -0.25) is 9.97 Å². The fourth-order valence-electron chi connectivity index (χ4n) is 2.80. The first-order chi connectivity index (χ1) is 11.6. The molecule has 0 aromatic carbocycles. The lowest BCUT2D eigenvalue weighted by Crippen LogP contribution is -2.41. The largest absolute Gasteiger partial charge is 0.395 e. The molecule has 1 unspecified atom stereocenters. The van der Waals surface area contributed by atoms with Gasteiger partial charge in [0, 0.05) is 31.7 Å². The number of dihydropyridines is 1. The Morgan fingerprint density at radius 2 is 1.88 bits per heavy atom. The van der Waals surface area contributed by atoms with E-state index in [9.17, 15) is 5.11 Å². The maximum Gasteiger partial charge on any atom is 0.0976 e. The molecule has 3 heterocycles. The molecule has 0 saturated carbocycles. The van der Waals surface area contributed by atoms with Crippen molar-refractivity contribution >= 4 is 5.70 Å². The first-order valence-electron chi connectivity index (χ1n) is 8.00. The van der Waals surface area contributed by atoms with E-state index >= 15 is 0 Å². The minimum absolute atomic E-state index is 0.105. The molecule has 24 heavy (non-hydrogen) atoms. The Balaban J connectivity index is 2.05. The van der Waals surface area contributed by atoms with Crippen LogP contribution in [0.3, 0.4) is 0 Å². The van der Waals surface area contributed by atoms with Crippen LogP contribution in [-0.4, -0.2) is 40.2 Å². The van der Waals surface area contributed by atoms with Gasteiger partial charge >= 0.3 is 0 Å². The maximum atomic E-state index is 9.27. The summed E-state index contributed by atoms with van der Waals surface area (Å²) in [5.74, 6) is 0. The highest BCUT2D eigenvalue weighted by Crippen LogP contribution is 2.31. The van der Waals surface area contributed by atoms with Crippen LogP contribution in [0.5, 0.6) is 0 Å². The molecule has 1 aliphatic heterocycles. The number of aliphatic hydroxyl groups is 1. The van der Waals surface area contributed by atoms with Crippen molar-refractivity contribution in [3.05, 3.63) is 78.0 Å². The van der Waals surface area contributed by atoms with Crippen LogP contribution in [0.4, 0.5) is 0 Å². The Kier molecular flexibility index (Phi) is 4.62. The molecule has 1 atom stereocenters. The SMILES string of the molecule is CN(CCO)C1=CC(C)(c2ccccn2)NC(c2ccccn2)=C1. The topological polar surface area (TPSA) is 61.3 Å². The molecule has 0 radical (unpaired) electrons. The van der Waals surface area contributed by atoms with Gasteiger partial charge in [0.15, 0.2) is 0 Å². The van der Waals surface area contributed by atoms with E-state index in [4.69, 9.17) is 0 Å². The third kappa shape index (κ3) is 3.31. The molecule has 5 heteroatoms. The van der Waals surface area contributed by atoms with Gasteiger partial charge in [-0.2, -0.15) is 0 Å². The zero-order valence-corrected chi connectivity index (χ0v) is 14.0. The maximum absolute atomic E-state index is 9.27. The molecular weight excluding hydrogens is 300 g/mol. The third-order valence-electron chi connectivity index (χ3n) is 4.14. The molecule has 124 valence electrons. The average Bonchev–Trinajstić information content (AvgIpc) is 2.63. The van der Waals surface area contributed by atoms with Gasteiger partial charge in [0.25, 0.3) is 0 Å². The Morgan fingerprint density at radius 1 is 1.12 bits per heavy atom. The molecule has 5 nitrogen and oxygen atoms in total. The minimum Gasteiger partial charge on any atom is -0.395 e. The van der Waals surface area contributed by atoms with Crippen LogP contribution in [0.15, 0.2) is 66.6 Å². The van der Waals surface area contributed by atoms with Crippen molar-refractivity contribution in [3.63, 3.8) is 0 Å². The van der Waals surface area contributed by atoms with Crippen molar-refractivity contribution in [2.75, 3.05) is 20.2 Å². The monoisotopic (exact) mass is 322 g/mol. The van der Waals surface area contributed by atoms with Crippen LogP contribution >= 0.6 is 0 Å². The highest BCUT2D eigenvalue weighted by atomic mass is 16.3. The summed E-state index contributed by atoms with van der Waals surface area (Å²) >= 11 is 0. The minimum atomic E-state index is -0.456. The van der Waals surface area contributed by atoms with Crippen LogP contribution in [0.2, 0.25) is 0 Å². The fourth-order valence-corrected chi connectivity index (χ4v) is 2.80. The second kappa shape index (κ2) is 6.84. The second-order valence-electron chi connectivity index (χ2n) is 6.03. The van der Waals surface area contributed by atoms with Gasteiger partial charge in [-0.1, -0.05) is 12.1 Å². The van der Waals surface area contributed by atoms with E-state index in [0.717, 1.165) is 22.8 Å². The molecular formula is C19H22N4O. The summed E-state index contributed by atoms with van der Waals surface area (Å²) < 4.78 is 0. The number of allylic oxidation sites excluding steroid dienone is 1. The molecule has 0 fully saturated rings. The van der Waals surface area contributed by atoms with Crippen molar-refractivity contribution in [2.45, 2.75) is 12.5 Å². The van der Waals surface area contributed by atoms with Crippen molar-refractivity contribution < 1.29 is 5.11 Å². The fraction of sp³-hybridized carbons (Fsp3) is 0.263. The summed E-state index contributed by atoms with van der Waals surface area (Å²) in [5.41, 5.74) is 3.31. The number of nitrogens with zero attached hydrogens (tertiary/aromatic N) is 3. The molecule has 0 amide bonds. The summed E-state index contributed by atoms with van der Waals surface area (Å²) in [7, 11) is 1.97. The van der Waals surface area contributed by atoms with E-state index in [1.807, 2.05) is 48.3 Å². The average molecular weight is 322 g/mol. The highest BCUT2D eigenvalue weighted by Gasteiger charge is 2.31. The van der Waals surface area contributed by atoms with E-state index in [0.29, 0.717) is 6.54 Å². The van der Waals surface area contributed by atoms with Crippen LogP contribution in [0.1, 0.15) is 18.3 Å². The van der Waals surface area contributed by atoms with E-state index in [1.54, 1.807) is 12.4 Å². The molecule has 0 aliphatic carbocycles. The van der Waals surface area contributed by atoms with E-state index in [-0.39, 0.29) is 6.61 Å². The lowest BCUT2D eigenvalue weighted by molar-refractivity contribution is 0.247. The van der Waals surface area contributed by atoms with Crippen LogP contribution in [-0.2, 0) is 5.54 Å². The molecule has 1 aliphatic rings. The van der Waals surface area contributed by atoms with Crippen molar-refractivity contribution in [3.8, 4) is 0 Å². The highest BCUT2D eigenvalue weighted by molar-refractivity contribution is 5.67. The van der Waals surface area contributed by atoms with Crippen molar-refractivity contribution in [1.29, 1.82) is 0 Å². The number of nitrogens with one attached hydrogen (secondary N) is 1. The summed E-state index contributed by atoms with van der Waals surface area (Å²) in [4.78, 5) is 11.0. The first-order valence-corrected chi connectivity index (χ1v) is 8.00. The van der Waals surface area contributed by atoms with Gasteiger partial charge in [-0.25, -0.2) is 0 Å². The predicted molar refractivity (Wildman–Crippen MR) is 94.7 cm³/mol. The summed E-state index contributed by atoms with van der Waals surface area (Å²) in [6.45, 7) is 2.77. The second-order valence-corrected chi connectivity index (χ2v) is 6.03. The number of hydrogen-bond donors (Lipinski definition) is 2. The van der Waals surface area contributed by atoms with Crippen LogP contribution < -0.4 is 5.32 Å². The number of rotatable bonds is 5. The Bertz CT molecular complexity index is 742. The molecule has 2 aromatic heterocycles. The lowest BCUT2D eigenvalue weighted by Gasteiger charge is -2.36. The van der Waals surface area contributed by atoms with Gasteiger partial charge in [0.05, 0.1) is 29.2 Å². The molecule has 0 spiro atoms. The van der Waals surface area contributed by atoms with Gasteiger partial charge in [-0.15, -0.1) is 0 Å². The molecule has 2 aromatic rings. The molecule has 0 bridgehead atoms. The number of pyridine rings is 2. The lowest BCUT2D eigenvalue weighted by atomic mass is 9.91. The smallest absolute Gasteiger partial charge is 0.0976 e. The van der Waals surface area contributed by atoms with E-state index in [1.165, 1.54) is 0 Å². The Labute approximate surface area is 142 Å². The van der Waals surface area contributed by atoms with Crippen LogP contribution in [0, 0.1) is 0 Å². The normalized spacial score (nSPS) is 20.0. The summed E-state index contributed by atoms with van der Waals surface area (Å²) in [6, 6.07) is 11.8. The van der Waals surface area contributed by atoms with Gasteiger partial charge in [0.2, 0.25) is 0 Å². The number of aromatic nitrogens is 2. The summed E-state index contributed by atoms with van der Waals surface area (Å²) in [5, 5.41) is 12.8. The Hall–Kier alpha value is -2.66. The van der Waals surface area contributed by atoms with Gasteiger partial charge in [0.1, 0.15) is 0 Å². The van der Waals surface area contributed by atoms with Gasteiger partial charge < -0.3 is 15.3 Å². The number of aliphatic hydroxyl groups excluding tert-OH is 1. The number of hydrogen-bond acceptors (Lipinski definition) is 5. The summed E-state index contributed by atoms with van der Waals surface area (Å²) in [6.07, 6.45) is 7.78. The van der Waals surface area contributed by atoms with Crippen molar-refractivity contribution in [2.24, 2.45) is 0 Å². The van der Waals surface area contributed by atoms with Gasteiger partial charge in [-0.05, 0) is 43.3 Å². The quantitative estimate of drug-likeness (QED) is 0.883. The Morgan fingerprint density at radius 3 is 2.50 bits per heavy atom. The molecule has 3 rings (SSSR count).